The summed E-state index contributed by atoms with van der Waals surface area (Å²) in [6.45, 7) is 1.73. The average molecular weight is 548 g/mol. The highest BCUT2D eigenvalue weighted by atomic mass is 35.5. The number of nitrogens with zero attached hydrogens (tertiary/aromatic N) is 1. The van der Waals surface area contributed by atoms with Crippen LogP contribution in [0.4, 0.5) is 24.5 Å². The number of anilines is 2. The second-order valence-corrected chi connectivity index (χ2v) is 8.96. The van der Waals surface area contributed by atoms with Gasteiger partial charge in [-0.3, -0.25) is 19.3 Å². The van der Waals surface area contributed by atoms with Gasteiger partial charge in [-0.2, -0.15) is 13.2 Å². The molecule has 2 N–H and O–H groups in total. The second-order valence-electron chi connectivity index (χ2n) is 8.17. The molecule has 0 bridgehead atoms. The lowest BCUT2D eigenvalue weighted by atomic mass is 10.1. The van der Waals surface area contributed by atoms with E-state index in [2.05, 4.69) is 10.6 Å². The molecule has 190 valence electrons. The molecule has 0 atom stereocenters. The van der Waals surface area contributed by atoms with Gasteiger partial charge in [0.15, 0.2) is 0 Å². The molecule has 0 unspecified atom stereocenters. The van der Waals surface area contributed by atoms with Crippen molar-refractivity contribution >= 4 is 52.3 Å². The number of rotatable bonds is 6. The third-order valence-corrected chi connectivity index (χ3v) is 6.28. The minimum absolute atomic E-state index is 0.0269. The van der Waals surface area contributed by atoms with E-state index in [1.165, 1.54) is 12.1 Å². The lowest BCUT2D eigenvalue weighted by molar-refractivity contribution is -0.138. The molecule has 4 rings (SSSR count). The smallest absolute Gasteiger partial charge is 0.349 e. The lowest BCUT2D eigenvalue weighted by Gasteiger charge is -2.16. The molecule has 1 heterocycles. The van der Waals surface area contributed by atoms with E-state index in [1.807, 2.05) is 6.07 Å². The van der Waals surface area contributed by atoms with Crippen LogP contribution < -0.4 is 10.6 Å². The SMILES string of the molecule is Cc1ccc(C(=O)Nc2cc(C(F)(F)F)ccc2Cl)cc1NC1=C(Cl)C(=O)N(Cc2ccccc2)C1=O. The Balaban J connectivity index is 1.55. The number of carbonyl (C=O) groups is 3. The lowest BCUT2D eigenvalue weighted by Crippen LogP contribution is -2.31. The summed E-state index contributed by atoms with van der Waals surface area (Å²) in [5.41, 5.74) is 0.393. The first-order valence-electron chi connectivity index (χ1n) is 10.8. The fourth-order valence-electron chi connectivity index (χ4n) is 3.59. The second kappa shape index (κ2) is 10.3. The molecule has 0 spiro atoms. The van der Waals surface area contributed by atoms with E-state index in [-0.39, 0.29) is 33.5 Å². The van der Waals surface area contributed by atoms with E-state index in [4.69, 9.17) is 23.2 Å². The highest BCUT2D eigenvalue weighted by Crippen LogP contribution is 2.34. The number of amides is 3. The number of hydrogen-bond donors (Lipinski definition) is 2. The molecule has 0 aliphatic carbocycles. The zero-order chi connectivity index (χ0) is 26.9. The topological polar surface area (TPSA) is 78.5 Å². The normalized spacial score (nSPS) is 13.8. The number of alkyl halides is 3. The predicted molar refractivity (Wildman–Crippen MR) is 134 cm³/mol. The van der Waals surface area contributed by atoms with Crippen LogP contribution in [0.3, 0.4) is 0 Å². The number of imide groups is 1. The first-order valence-corrected chi connectivity index (χ1v) is 11.6. The molecular formula is C26H18Cl2F3N3O3. The van der Waals surface area contributed by atoms with Crippen LogP contribution in [0.15, 0.2) is 77.5 Å². The molecule has 3 amide bonds. The molecule has 3 aromatic carbocycles. The van der Waals surface area contributed by atoms with Gasteiger partial charge in [-0.15, -0.1) is 0 Å². The number of carbonyl (C=O) groups excluding carboxylic acids is 3. The van der Waals surface area contributed by atoms with Crippen LogP contribution in [0.5, 0.6) is 0 Å². The van der Waals surface area contributed by atoms with Gasteiger partial charge in [0.05, 0.1) is 22.8 Å². The van der Waals surface area contributed by atoms with Gasteiger partial charge in [0, 0.05) is 11.3 Å². The van der Waals surface area contributed by atoms with Crippen LogP contribution in [0.25, 0.3) is 0 Å². The molecule has 1 aliphatic rings. The maximum atomic E-state index is 13.1. The third-order valence-electron chi connectivity index (χ3n) is 5.60. The standard InChI is InChI=1S/C26H18Cl2F3N3O3/c1-14-7-8-16(23(35)33-20-12-17(26(29,30)31)9-10-18(20)27)11-19(14)32-22-21(28)24(36)34(25(22)37)13-15-5-3-2-4-6-15/h2-12,32H,13H2,1H3,(H,33,35). The molecule has 0 radical (unpaired) electrons. The number of hydrogen-bond acceptors (Lipinski definition) is 4. The average Bonchev–Trinajstić information content (AvgIpc) is 3.05. The molecule has 0 saturated carbocycles. The third kappa shape index (κ3) is 5.63. The number of aryl methyl sites for hydroxylation is 1. The van der Waals surface area contributed by atoms with Gasteiger partial charge in [0.2, 0.25) is 0 Å². The largest absolute Gasteiger partial charge is 0.416 e. The Morgan fingerprint density at radius 3 is 2.30 bits per heavy atom. The number of halogens is 5. The van der Waals surface area contributed by atoms with E-state index in [1.54, 1.807) is 37.3 Å². The van der Waals surface area contributed by atoms with Gasteiger partial charge in [-0.1, -0.05) is 59.6 Å². The Morgan fingerprint density at radius 1 is 0.919 bits per heavy atom. The fourth-order valence-corrected chi connectivity index (χ4v) is 3.98. The number of benzene rings is 3. The van der Waals surface area contributed by atoms with Crippen molar-refractivity contribution in [3.63, 3.8) is 0 Å². The fraction of sp³-hybridized carbons (Fsp3) is 0.115. The van der Waals surface area contributed by atoms with Crippen LogP contribution in [0.1, 0.15) is 27.0 Å². The van der Waals surface area contributed by atoms with Gasteiger partial charge in [-0.05, 0) is 48.4 Å². The molecule has 0 saturated heterocycles. The maximum Gasteiger partial charge on any atom is 0.416 e. The molecule has 1 aliphatic heterocycles. The van der Waals surface area contributed by atoms with E-state index in [0.29, 0.717) is 11.3 Å². The van der Waals surface area contributed by atoms with Crippen molar-refractivity contribution in [1.82, 2.24) is 4.90 Å². The zero-order valence-electron chi connectivity index (χ0n) is 19.1. The summed E-state index contributed by atoms with van der Waals surface area (Å²) in [5, 5.41) is 4.84. The van der Waals surface area contributed by atoms with Crippen LogP contribution in [0.2, 0.25) is 5.02 Å². The maximum absolute atomic E-state index is 13.1. The summed E-state index contributed by atoms with van der Waals surface area (Å²) in [6.07, 6.45) is -4.61. The minimum Gasteiger partial charge on any atom is -0.349 e. The summed E-state index contributed by atoms with van der Waals surface area (Å²) in [5.74, 6) is -2.03. The molecule has 6 nitrogen and oxygen atoms in total. The Bertz CT molecular complexity index is 1440. The summed E-state index contributed by atoms with van der Waals surface area (Å²) in [4.78, 5) is 39.4. The van der Waals surface area contributed by atoms with Crippen molar-refractivity contribution in [2.75, 3.05) is 10.6 Å². The monoisotopic (exact) mass is 547 g/mol. The Morgan fingerprint density at radius 2 is 1.62 bits per heavy atom. The van der Waals surface area contributed by atoms with Crippen molar-refractivity contribution in [3.05, 3.63) is 105 Å². The molecule has 0 aromatic heterocycles. The van der Waals surface area contributed by atoms with Crippen LogP contribution in [0, 0.1) is 6.92 Å². The van der Waals surface area contributed by atoms with Crippen LogP contribution >= 0.6 is 23.2 Å². The Kier molecular flexibility index (Phi) is 7.29. The van der Waals surface area contributed by atoms with Gasteiger partial charge >= 0.3 is 6.18 Å². The molecule has 3 aromatic rings. The van der Waals surface area contributed by atoms with E-state index < -0.39 is 29.5 Å². The van der Waals surface area contributed by atoms with E-state index >= 15 is 0 Å². The first kappa shape index (κ1) is 26.2. The molecular weight excluding hydrogens is 530 g/mol. The zero-order valence-corrected chi connectivity index (χ0v) is 20.6. The van der Waals surface area contributed by atoms with E-state index in [9.17, 15) is 27.6 Å². The van der Waals surface area contributed by atoms with Crippen LogP contribution in [-0.2, 0) is 22.3 Å². The Labute approximate surface area is 219 Å². The molecule has 11 heteroatoms. The van der Waals surface area contributed by atoms with E-state index in [0.717, 1.165) is 28.7 Å². The van der Waals surface area contributed by atoms with Crippen molar-refractivity contribution in [3.8, 4) is 0 Å². The van der Waals surface area contributed by atoms with Crippen molar-refractivity contribution in [1.29, 1.82) is 0 Å². The minimum atomic E-state index is -4.61. The van der Waals surface area contributed by atoms with Gasteiger partial charge in [0.25, 0.3) is 17.7 Å². The molecule has 0 fully saturated rings. The predicted octanol–water partition coefficient (Wildman–Crippen LogP) is 6.35. The highest BCUT2D eigenvalue weighted by Gasteiger charge is 2.38. The Hall–Kier alpha value is -3.82. The summed E-state index contributed by atoms with van der Waals surface area (Å²) < 4.78 is 39.2. The summed E-state index contributed by atoms with van der Waals surface area (Å²) >= 11 is 12.2. The van der Waals surface area contributed by atoms with Gasteiger partial charge in [0.1, 0.15) is 10.7 Å². The first-order chi connectivity index (χ1) is 17.5. The van der Waals surface area contributed by atoms with Crippen molar-refractivity contribution < 1.29 is 27.6 Å². The molecule has 37 heavy (non-hydrogen) atoms. The highest BCUT2D eigenvalue weighted by molar-refractivity contribution is 6.48. The summed E-state index contributed by atoms with van der Waals surface area (Å²) in [7, 11) is 0. The van der Waals surface area contributed by atoms with Crippen molar-refractivity contribution in [2.24, 2.45) is 0 Å². The van der Waals surface area contributed by atoms with Crippen molar-refractivity contribution in [2.45, 2.75) is 19.6 Å². The van der Waals surface area contributed by atoms with Gasteiger partial charge < -0.3 is 10.6 Å². The quantitative estimate of drug-likeness (QED) is 0.352. The van der Waals surface area contributed by atoms with Gasteiger partial charge in [-0.25, -0.2) is 0 Å². The summed E-state index contributed by atoms with van der Waals surface area (Å²) in [6, 6.07) is 15.9. The number of nitrogens with one attached hydrogen (secondary N) is 2. The van der Waals surface area contributed by atoms with Crippen LogP contribution in [-0.4, -0.2) is 22.6 Å².